The third-order valence-electron chi connectivity index (χ3n) is 4.82. The summed E-state index contributed by atoms with van der Waals surface area (Å²) in [5.41, 5.74) is 2.72. The first-order chi connectivity index (χ1) is 14.1. The summed E-state index contributed by atoms with van der Waals surface area (Å²) in [6.45, 7) is 4.35. The van der Waals surface area contributed by atoms with Crippen LogP contribution in [0.1, 0.15) is 54.2 Å². The molecule has 29 heavy (non-hydrogen) atoms. The Kier molecular flexibility index (Phi) is 7.11. The minimum Gasteiger partial charge on any atom is -0.490 e. The number of esters is 1. The van der Waals surface area contributed by atoms with Crippen molar-refractivity contribution < 1.29 is 23.8 Å². The van der Waals surface area contributed by atoms with Crippen LogP contribution < -0.4 is 14.8 Å². The van der Waals surface area contributed by atoms with E-state index < -0.39 is 5.97 Å². The van der Waals surface area contributed by atoms with Crippen LogP contribution in [0.3, 0.4) is 0 Å². The van der Waals surface area contributed by atoms with Crippen LogP contribution in [0.5, 0.6) is 11.5 Å². The fourth-order valence-corrected chi connectivity index (χ4v) is 3.53. The molecule has 0 spiro atoms. The van der Waals surface area contributed by atoms with Gasteiger partial charge in [0.25, 0.3) is 5.91 Å². The molecule has 0 aliphatic heterocycles. The van der Waals surface area contributed by atoms with Crippen molar-refractivity contribution in [3.63, 3.8) is 0 Å². The molecule has 1 aliphatic carbocycles. The van der Waals surface area contributed by atoms with E-state index in [1.807, 2.05) is 32.0 Å². The zero-order chi connectivity index (χ0) is 20.6. The second-order valence-corrected chi connectivity index (χ2v) is 6.81. The van der Waals surface area contributed by atoms with E-state index in [2.05, 4.69) is 11.4 Å². The molecule has 1 N–H and O–H groups in total. The summed E-state index contributed by atoms with van der Waals surface area (Å²) in [5, 5.41) is 2.98. The summed E-state index contributed by atoms with van der Waals surface area (Å²) in [5.74, 6) is 0.163. The van der Waals surface area contributed by atoms with Gasteiger partial charge in [0.2, 0.25) is 0 Å². The Morgan fingerprint density at radius 2 is 1.79 bits per heavy atom. The van der Waals surface area contributed by atoms with Crippen molar-refractivity contribution in [3.05, 3.63) is 59.2 Å². The Hall–Kier alpha value is -3.02. The Morgan fingerprint density at radius 3 is 2.59 bits per heavy atom. The van der Waals surface area contributed by atoms with Crippen molar-refractivity contribution in [2.75, 3.05) is 19.8 Å². The number of benzene rings is 2. The molecule has 154 valence electrons. The summed E-state index contributed by atoms with van der Waals surface area (Å²) in [6.07, 6.45) is 2.93. The summed E-state index contributed by atoms with van der Waals surface area (Å²) in [6, 6.07) is 12.9. The van der Waals surface area contributed by atoms with Gasteiger partial charge in [-0.05, 0) is 62.4 Å². The van der Waals surface area contributed by atoms with Crippen molar-refractivity contribution in [1.82, 2.24) is 5.32 Å². The molecule has 0 radical (unpaired) electrons. The lowest BCUT2D eigenvalue weighted by Gasteiger charge is -2.26. The topological polar surface area (TPSA) is 73.9 Å². The Morgan fingerprint density at radius 1 is 1.03 bits per heavy atom. The van der Waals surface area contributed by atoms with Crippen molar-refractivity contribution in [2.24, 2.45) is 0 Å². The fourth-order valence-electron chi connectivity index (χ4n) is 3.53. The van der Waals surface area contributed by atoms with Crippen LogP contribution in [0, 0.1) is 0 Å². The smallest absolute Gasteiger partial charge is 0.338 e. The van der Waals surface area contributed by atoms with Crippen LogP contribution >= 0.6 is 0 Å². The van der Waals surface area contributed by atoms with Crippen molar-refractivity contribution in [3.8, 4) is 11.5 Å². The first kappa shape index (κ1) is 20.7. The van der Waals surface area contributed by atoms with E-state index in [1.54, 1.807) is 18.2 Å². The molecule has 1 amide bonds. The molecule has 6 heteroatoms. The van der Waals surface area contributed by atoms with Gasteiger partial charge in [-0.25, -0.2) is 4.79 Å². The van der Waals surface area contributed by atoms with Gasteiger partial charge in [0.05, 0.1) is 24.8 Å². The zero-order valence-corrected chi connectivity index (χ0v) is 16.9. The maximum atomic E-state index is 12.4. The van der Waals surface area contributed by atoms with E-state index in [1.165, 1.54) is 5.56 Å². The molecular weight excluding hydrogens is 370 g/mol. The minimum absolute atomic E-state index is 0.0406. The normalized spacial score (nSPS) is 15.2. The lowest BCUT2D eigenvalue weighted by atomic mass is 9.88. The Labute approximate surface area is 171 Å². The molecule has 1 aliphatic rings. The average Bonchev–Trinajstić information content (AvgIpc) is 2.74. The molecule has 2 aromatic carbocycles. The van der Waals surface area contributed by atoms with Crippen LogP contribution in [0.2, 0.25) is 0 Å². The number of hydrogen-bond acceptors (Lipinski definition) is 5. The molecule has 2 aromatic rings. The predicted octanol–water partition coefficient (Wildman–Crippen LogP) is 3.83. The summed E-state index contributed by atoms with van der Waals surface area (Å²) in [7, 11) is 0. The number of ether oxygens (including phenoxy) is 3. The van der Waals surface area contributed by atoms with Gasteiger partial charge in [0.15, 0.2) is 18.1 Å². The van der Waals surface area contributed by atoms with Crippen LogP contribution in [0.4, 0.5) is 0 Å². The van der Waals surface area contributed by atoms with Gasteiger partial charge in [-0.15, -0.1) is 0 Å². The summed E-state index contributed by atoms with van der Waals surface area (Å²) < 4.78 is 16.2. The molecule has 0 aromatic heterocycles. The third-order valence-corrected chi connectivity index (χ3v) is 4.82. The second-order valence-electron chi connectivity index (χ2n) is 6.81. The first-order valence-corrected chi connectivity index (χ1v) is 10.1. The minimum atomic E-state index is -0.576. The van der Waals surface area contributed by atoms with E-state index in [-0.39, 0.29) is 18.6 Å². The van der Waals surface area contributed by atoms with Crippen LogP contribution in [-0.2, 0) is 16.0 Å². The summed E-state index contributed by atoms with van der Waals surface area (Å²) >= 11 is 0. The van der Waals surface area contributed by atoms with Crippen molar-refractivity contribution >= 4 is 11.9 Å². The SMILES string of the molecule is CCOc1ccc(C(=O)OCC(=O)N[C@H]2CCCc3ccccc32)cc1OCC. The van der Waals surface area contributed by atoms with Gasteiger partial charge in [-0.1, -0.05) is 24.3 Å². The van der Waals surface area contributed by atoms with E-state index in [0.717, 1.165) is 24.8 Å². The van der Waals surface area contributed by atoms with E-state index in [9.17, 15) is 9.59 Å². The van der Waals surface area contributed by atoms with Crippen LogP contribution in [-0.4, -0.2) is 31.7 Å². The maximum Gasteiger partial charge on any atom is 0.338 e. The highest BCUT2D eigenvalue weighted by molar-refractivity contribution is 5.92. The predicted molar refractivity (Wildman–Crippen MR) is 109 cm³/mol. The number of carbonyl (C=O) groups excluding carboxylic acids is 2. The standard InChI is InChI=1S/C23H27NO5/c1-3-27-20-13-12-17(14-21(20)28-4-2)23(26)29-15-22(25)24-19-11-7-9-16-8-5-6-10-18(16)19/h5-6,8,10,12-14,19H,3-4,7,9,11,15H2,1-2H3,(H,24,25)/t19-/m0/s1. The van der Waals surface area contributed by atoms with Crippen molar-refractivity contribution in [2.45, 2.75) is 39.2 Å². The first-order valence-electron chi connectivity index (χ1n) is 10.1. The number of hydrogen-bond donors (Lipinski definition) is 1. The molecule has 3 rings (SSSR count). The quantitative estimate of drug-likeness (QED) is 0.685. The van der Waals surface area contributed by atoms with Crippen LogP contribution in [0.25, 0.3) is 0 Å². The molecule has 0 fully saturated rings. The number of carbonyl (C=O) groups is 2. The van der Waals surface area contributed by atoms with Gasteiger partial charge in [-0.3, -0.25) is 4.79 Å². The number of nitrogens with one attached hydrogen (secondary N) is 1. The lowest BCUT2D eigenvalue weighted by Crippen LogP contribution is -2.34. The molecule has 0 saturated heterocycles. The lowest BCUT2D eigenvalue weighted by molar-refractivity contribution is -0.125. The summed E-state index contributed by atoms with van der Waals surface area (Å²) in [4.78, 5) is 24.7. The second kappa shape index (κ2) is 9.96. The van der Waals surface area contributed by atoms with E-state index >= 15 is 0 Å². The highest BCUT2D eigenvalue weighted by Crippen LogP contribution is 2.30. The number of aryl methyl sites for hydroxylation is 1. The number of rotatable bonds is 8. The van der Waals surface area contributed by atoms with Gasteiger partial charge in [0, 0.05) is 0 Å². The molecule has 0 unspecified atom stereocenters. The van der Waals surface area contributed by atoms with Gasteiger partial charge < -0.3 is 19.5 Å². The van der Waals surface area contributed by atoms with Gasteiger partial charge in [0.1, 0.15) is 0 Å². The molecule has 0 bridgehead atoms. The van der Waals surface area contributed by atoms with Crippen LogP contribution in [0.15, 0.2) is 42.5 Å². The molecule has 0 saturated carbocycles. The van der Waals surface area contributed by atoms with Gasteiger partial charge >= 0.3 is 5.97 Å². The maximum absolute atomic E-state index is 12.4. The highest BCUT2D eigenvalue weighted by atomic mass is 16.5. The number of fused-ring (bicyclic) bond motifs is 1. The van der Waals surface area contributed by atoms with E-state index in [4.69, 9.17) is 14.2 Å². The zero-order valence-electron chi connectivity index (χ0n) is 16.9. The Bertz CT molecular complexity index is 864. The van der Waals surface area contributed by atoms with Crippen molar-refractivity contribution in [1.29, 1.82) is 0 Å². The molecule has 6 nitrogen and oxygen atoms in total. The third kappa shape index (κ3) is 5.28. The largest absolute Gasteiger partial charge is 0.490 e. The Balaban J connectivity index is 1.58. The molecule has 0 heterocycles. The fraction of sp³-hybridized carbons (Fsp3) is 0.391. The molecule has 1 atom stereocenters. The monoisotopic (exact) mass is 397 g/mol. The molecular formula is C23H27NO5. The number of amides is 1. The highest BCUT2D eigenvalue weighted by Gasteiger charge is 2.22. The average molecular weight is 397 g/mol. The van der Waals surface area contributed by atoms with E-state index in [0.29, 0.717) is 30.3 Å². The van der Waals surface area contributed by atoms with Gasteiger partial charge in [-0.2, -0.15) is 0 Å².